The minimum absolute atomic E-state index is 0.0587. The molecule has 10 heteroatoms. The molecule has 0 radical (unpaired) electrons. The number of Topliss-reactive ketones (excluding diaryl/α,β-unsaturated/α-hetero) is 1. The second-order valence-corrected chi connectivity index (χ2v) is 7.64. The number of nitro groups is 1. The second-order valence-electron chi connectivity index (χ2n) is 5.70. The predicted molar refractivity (Wildman–Crippen MR) is 99.4 cm³/mol. The molecule has 0 heterocycles. The van der Waals surface area contributed by atoms with Gasteiger partial charge in [-0.3, -0.25) is 14.9 Å². The van der Waals surface area contributed by atoms with Gasteiger partial charge in [0.05, 0.1) is 9.82 Å². The molecule has 150 valence electrons. The van der Waals surface area contributed by atoms with E-state index in [0.717, 1.165) is 18.2 Å². The number of sulfonamides is 1. The molecule has 0 amide bonds. The van der Waals surface area contributed by atoms with Crippen molar-refractivity contribution < 1.29 is 27.3 Å². The molecule has 0 aliphatic heterocycles. The van der Waals surface area contributed by atoms with Crippen molar-refractivity contribution in [2.24, 2.45) is 0 Å². The van der Waals surface area contributed by atoms with E-state index < -0.39 is 38.8 Å². The van der Waals surface area contributed by atoms with E-state index in [2.05, 4.69) is 0 Å². The number of nitrogens with zero attached hydrogens (tertiary/aromatic N) is 2. The van der Waals surface area contributed by atoms with Crippen molar-refractivity contribution in [1.82, 2.24) is 4.31 Å². The third-order valence-electron chi connectivity index (χ3n) is 3.98. The van der Waals surface area contributed by atoms with Crippen LogP contribution < -0.4 is 4.74 Å². The Labute approximate surface area is 161 Å². The van der Waals surface area contributed by atoms with Gasteiger partial charge >= 0.3 is 5.69 Å². The summed E-state index contributed by atoms with van der Waals surface area (Å²) in [4.78, 5) is 22.4. The van der Waals surface area contributed by atoms with Crippen LogP contribution in [0.5, 0.6) is 5.75 Å². The highest BCUT2D eigenvalue weighted by molar-refractivity contribution is 7.89. The summed E-state index contributed by atoms with van der Waals surface area (Å²) in [6, 6.07) is 8.17. The fraction of sp³-hybridized carbons (Fsp3) is 0.278. The average molecular weight is 410 g/mol. The molecule has 0 spiro atoms. The number of benzene rings is 2. The van der Waals surface area contributed by atoms with E-state index in [1.807, 2.05) is 0 Å². The highest BCUT2D eigenvalue weighted by Gasteiger charge is 2.26. The minimum Gasteiger partial charge on any atom is -0.478 e. The molecular formula is C18H19FN2O6S. The van der Waals surface area contributed by atoms with E-state index in [9.17, 15) is 27.7 Å². The molecule has 2 aromatic carbocycles. The second kappa shape index (κ2) is 8.89. The molecule has 0 fully saturated rings. The normalized spacial score (nSPS) is 11.4. The fourth-order valence-electron chi connectivity index (χ4n) is 2.52. The monoisotopic (exact) mass is 410 g/mol. The van der Waals surface area contributed by atoms with E-state index in [4.69, 9.17) is 4.74 Å². The maximum absolute atomic E-state index is 13.2. The summed E-state index contributed by atoms with van der Waals surface area (Å²) in [5, 5.41) is 11.4. The van der Waals surface area contributed by atoms with E-state index in [0.29, 0.717) is 0 Å². The number of halogens is 1. The third kappa shape index (κ3) is 4.70. The summed E-state index contributed by atoms with van der Waals surface area (Å²) in [7, 11) is -3.89. The maximum Gasteiger partial charge on any atom is 0.312 e. The van der Waals surface area contributed by atoms with Crippen LogP contribution in [-0.4, -0.2) is 43.1 Å². The molecule has 0 saturated heterocycles. The number of ether oxygens (including phenoxy) is 1. The zero-order chi connectivity index (χ0) is 20.9. The predicted octanol–water partition coefficient (Wildman–Crippen LogP) is 3.03. The van der Waals surface area contributed by atoms with E-state index >= 15 is 0 Å². The Kier molecular flexibility index (Phi) is 6.81. The lowest BCUT2D eigenvalue weighted by Gasteiger charge is -2.18. The number of hydrogen-bond donors (Lipinski definition) is 0. The highest BCUT2D eigenvalue weighted by atomic mass is 32.2. The summed E-state index contributed by atoms with van der Waals surface area (Å²) in [5.41, 5.74) is -0.524. The molecule has 0 saturated carbocycles. The lowest BCUT2D eigenvalue weighted by Crippen LogP contribution is -2.30. The van der Waals surface area contributed by atoms with Gasteiger partial charge in [0.15, 0.2) is 18.1 Å². The Bertz CT molecular complexity index is 989. The van der Waals surface area contributed by atoms with Crippen LogP contribution in [0.15, 0.2) is 47.4 Å². The molecule has 0 aromatic heterocycles. The first-order chi connectivity index (χ1) is 13.2. The van der Waals surface area contributed by atoms with Crippen molar-refractivity contribution in [1.29, 1.82) is 0 Å². The van der Waals surface area contributed by atoms with Gasteiger partial charge in [0.25, 0.3) is 0 Å². The van der Waals surface area contributed by atoms with Gasteiger partial charge in [-0.2, -0.15) is 4.31 Å². The molecule has 0 bridgehead atoms. The SMILES string of the molecule is CCN(CC)S(=O)(=O)c1ccc(OCC(=O)c2cccc(F)c2)c([N+](=O)[O-])c1. The van der Waals surface area contributed by atoms with Crippen LogP contribution in [0.2, 0.25) is 0 Å². The highest BCUT2D eigenvalue weighted by Crippen LogP contribution is 2.31. The van der Waals surface area contributed by atoms with Crippen LogP contribution in [0.25, 0.3) is 0 Å². The Morgan fingerprint density at radius 2 is 1.86 bits per heavy atom. The Morgan fingerprint density at radius 1 is 1.18 bits per heavy atom. The quantitative estimate of drug-likeness (QED) is 0.357. The molecule has 0 atom stereocenters. The molecule has 28 heavy (non-hydrogen) atoms. The van der Waals surface area contributed by atoms with Crippen LogP contribution in [0.4, 0.5) is 10.1 Å². The largest absolute Gasteiger partial charge is 0.478 e. The summed E-state index contributed by atoms with van der Waals surface area (Å²) < 4.78 is 44.7. The Morgan fingerprint density at radius 3 is 2.43 bits per heavy atom. The number of carbonyl (C=O) groups is 1. The zero-order valence-corrected chi connectivity index (χ0v) is 16.1. The molecule has 0 aliphatic carbocycles. The molecule has 0 unspecified atom stereocenters. The fourth-order valence-corrected chi connectivity index (χ4v) is 4.00. The third-order valence-corrected chi connectivity index (χ3v) is 6.02. The van der Waals surface area contributed by atoms with Gasteiger partial charge in [-0.05, 0) is 24.3 Å². The van der Waals surface area contributed by atoms with Crippen molar-refractivity contribution in [2.45, 2.75) is 18.7 Å². The lowest BCUT2D eigenvalue weighted by molar-refractivity contribution is -0.386. The smallest absolute Gasteiger partial charge is 0.312 e. The number of carbonyl (C=O) groups excluding carboxylic acids is 1. The Hall–Kier alpha value is -2.85. The van der Waals surface area contributed by atoms with Crippen LogP contribution in [0.3, 0.4) is 0 Å². The van der Waals surface area contributed by atoms with Gasteiger partial charge in [0.2, 0.25) is 10.0 Å². The molecule has 2 rings (SSSR count). The van der Waals surface area contributed by atoms with Crippen LogP contribution in [0.1, 0.15) is 24.2 Å². The molecule has 2 aromatic rings. The van der Waals surface area contributed by atoms with Gasteiger partial charge in [0, 0.05) is 24.7 Å². The summed E-state index contributed by atoms with van der Waals surface area (Å²) in [6.45, 7) is 3.18. The van der Waals surface area contributed by atoms with Crippen LogP contribution in [0, 0.1) is 15.9 Å². The van der Waals surface area contributed by atoms with Crippen molar-refractivity contribution in [3.05, 3.63) is 64.0 Å². The van der Waals surface area contributed by atoms with Gasteiger partial charge in [-0.15, -0.1) is 0 Å². The standard InChI is InChI=1S/C18H19FN2O6S/c1-3-20(4-2)28(25,26)15-8-9-18(16(11-15)21(23)24)27-12-17(22)13-6-5-7-14(19)10-13/h5-11H,3-4,12H2,1-2H3. The van der Waals surface area contributed by atoms with Gasteiger partial charge < -0.3 is 4.74 Å². The first kappa shape index (κ1) is 21.5. The van der Waals surface area contributed by atoms with Gasteiger partial charge in [0.1, 0.15) is 5.82 Å². The van der Waals surface area contributed by atoms with E-state index in [-0.39, 0.29) is 29.3 Å². The number of nitro benzene ring substituents is 1. The van der Waals surface area contributed by atoms with Crippen molar-refractivity contribution in [3.63, 3.8) is 0 Å². The number of ketones is 1. The van der Waals surface area contributed by atoms with Crippen molar-refractivity contribution in [2.75, 3.05) is 19.7 Å². The first-order valence-corrected chi connectivity index (χ1v) is 9.84. The summed E-state index contributed by atoms with van der Waals surface area (Å²) in [6.07, 6.45) is 0. The first-order valence-electron chi connectivity index (χ1n) is 8.40. The van der Waals surface area contributed by atoms with Crippen LogP contribution >= 0.6 is 0 Å². The van der Waals surface area contributed by atoms with E-state index in [1.165, 1.54) is 28.6 Å². The summed E-state index contributed by atoms with van der Waals surface area (Å²) in [5.74, 6) is -1.43. The molecule has 0 N–H and O–H groups in total. The summed E-state index contributed by atoms with van der Waals surface area (Å²) >= 11 is 0. The van der Waals surface area contributed by atoms with Crippen molar-refractivity contribution >= 4 is 21.5 Å². The molecule has 0 aliphatic rings. The minimum atomic E-state index is -3.89. The van der Waals surface area contributed by atoms with Gasteiger partial charge in [-0.1, -0.05) is 26.0 Å². The Balaban J connectivity index is 2.28. The zero-order valence-electron chi connectivity index (χ0n) is 15.3. The molecular weight excluding hydrogens is 391 g/mol. The maximum atomic E-state index is 13.2. The average Bonchev–Trinajstić information content (AvgIpc) is 2.66. The topological polar surface area (TPSA) is 107 Å². The number of rotatable bonds is 9. The number of hydrogen-bond acceptors (Lipinski definition) is 6. The lowest BCUT2D eigenvalue weighted by atomic mass is 10.1. The van der Waals surface area contributed by atoms with Gasteiger partial charge in [-0.25, -0.2) is 12.8 Å². The van der Waals surface area contributed by atoms with Crippen molar-refractivity contribution in [3.8, 4) is 5.75 Å². The van der Waals surface area contributed by atoms with E-state index in [1.54, 1.807) is 13.8 Å². The van der Waals surface area contributed by atoms with Crippen LogP contribution in [-0.2, 0) is 10.0 Å². The molecule has 8 nitrogen and oxygen atoms in total.